The van der Waals surface area contributed by atoms with Gasteiger partial charge in [0.1, 0.15) is 5.76 Å². The third-order valence-electron chi connectivity index (χ3n) is 4.17. The van der Waals surface area contributed by atoms with Crippen molar-refractivity contribution in [3.8, 4) is 0 Å². The van der Waals surface area contributed by atoms with Crippen LogP contribution in [0.25, 0.3) is 21.8 Å². The molecule has 2 aromatic heterocycles. The molecule has 0 aliphatic carbocycles. The van der Waals surface area contributed by atoms with E-state index < -0.39 is 0 Å². The Morgan fingerprint density at radius 1 is 1.00 bits per heavy atom. The highest BCUT2D eigenvalue weighted by Crippen LogP contribution is 2.28. The Balaban J connectivity index is 1.51. The monoisotopic (exact) mass is 331 g/mol. The number of amides is 1. The van der Waals surface area contributed by atoms with Gasteiger partial charge in [-0.1, -0.05) is 36.4 Å². The van der Waals surface area contributed by atoms with E-state index in [1.54, 1.807) is 18.4 Å². The van der Waals surface area contributed by atoms with Crippen molar-refractivity contribution in [3.05, 3.63) is 72.7 Å². The lowest BCUT2D eigenvalue weighted by atomic mass is 10.2. The zero-order valence-electron chi connectivity index (χ0n) is 13.6. The molecule has 0 saturated heterocycles. The highest BCUT2D eigenvalue weighted by atomic mass is 16.3. The van der Waals surface area contributed by atoms with Crippen LogP contribution in [0.3, 0.4) is 0 Å². The maximum atomic E-state index is 12.1. The van der Waals surface area contributed by atoms with E-state index in [1.165, 1.54) is 17.0 Å². The Kier molecular flexibility index (Phi) is 4.04. The van der Waals surface area contributed by atoms with Gasteiger partial charge in [-0.05, 0) is 24.3 Å². The number of nitrogens with zero attached hydrogens (tertiary/aromatic N) is 2. The lowest BCUT2D eigenvalue weighted by molar-refractivity contribution is -0.121. The van der Waals surface area contributed by atoms with E-state index in [9.17, 15) is 4.79 Å². The van der Waals surface area contributed by atoms with E-state index in [-0.39, 0.29) is 5.91 Å². The van der Waals surface area contributed by atoms with Gasteiger partial charge in [-0.3, -0.25) is 4.79 Å². The molecule has 0 saturated carbocycles. The van der Waals surface area contributed by atoms with Gasteiger partial charge >= 0.3 is 0 Å². The van der Waals surface area contributed by atoms with Crippen LogP contribution in [0.5, 0.6) is 0 Å². The molecule has 4 aromatic rings. The van der Waals surface area contributed by atoms with Crippen LogP contribution in [-0.2, 0) is 11.3 Å². The molecule has 5 heteroatoms. The summed E-state index contributed by atoms with van der Waals surface area (Å²) in [4.78, 5) is 12.1. The van der Waals surface area contributed by atoms with Crippen molar-refractivity contribution in [1.29, 1.82) is 0 Å². The highest BCUT2D eigenvalue weighted by molar-refractivity contribution is 6.08. The Morgan fingerprint density at radius 3 is 2.32 bits per heavy atom. The predicted octanol–water partition coefficient (Wildman–Crippen LogP) is 3.93. The van der Waals surface area contributed by atoms with Crippen molar-refractivity contribution in [2.45, 2.75) is 13.0 Å². The number of furan rings is 1. The summed E-state index contributed by atoms with van der Waals surface area (Å²) in [7, 11) is 0. The van der Waals surface area contributed by atoms with Crippen LogP contribution in [0.1, 0.15) is 12.2 Å². The second-order valence-electron chi connectivity index (χ2n) is 5.74. The van der Waals surface area contributed by atoms with Gasteiger partial charge in [-0.15, -0.1) is 0 Å². The lowest BCUT2D eigenvalue weighted by Gasteiger charge is -2.06. The molecule has 0 spiro atoms. The molecule has 124 valence electrons. The maximum absolute atomic E-state index is 12.1. The summed E-state index contributed by atoms with van der Waals surface area (Å²) in [6, 6.07) is 20.1. The summed E-state index contributed by atoms with van der Waals surface area (Å²) in [5, 5.41) is 6.32. The largest absolute Gasteiger partial charge is 0.463 e. The molecule has 0 aliphatic rings. The molecule has 0 fully saturated rings. The van der Waals surface area contributed by atoms with Crippen LogP contribution in [0, 0.1) is 0 Å². The van der Waals surface area contributed by atoms with Crippen molar-refractivity contribution in [3.63, 3.8) is 0 Å². The van der Waals surface area contributed by atoms with Crippen molar-refractivity contribution in [2.75, 3.05) is 0 Å². The summed E-state index contributed by atoms with van der Waals surface area (Å²) in [6.45, 7) is 0.593. The van der Waals surface area contributed by atoms with Gasteiger partial charge < -0.3 is 8.98 Å². The predicted molar refractivity (Wildman–Crippen MR) is 98.5 cm³/mol. The first kappa shape index (κ1) is 15.2. The second kappa shape index (κ2) is 6.65. The van der Waals surface area contributed by atoms with Gasteiger partial charge in [0.25, 0.3) is 0 Å². The van der Waals surface area contributed by atoms with Crippen molar-refractivity contribution < 1.29 is 9.21 Å². The Hall–Kier alpha value is -3.34. The van der Waals surface area contributed by atoms with Crippen molar-refractivity contribution >= 4 is 33.9 Å². The normalized spacial score (nSPS) is 11.5. The molecule has 1 N–H and O–H groups in total. The average Bonchev–Trinajstić information content (AvgIpc) is 3.26. The maximum Gasteiger partial charge on any atom is 0.241 e. The van der Waals surface area contributed by atoms with Crippen molar-refractivity contribution in [2.24, 2.45) is 5.10 Å². The topological polar surface area (TPSA) is 59.5 Å². The number of benzene rings is 2. The lowest BCUT2D eigenvalue weighted by Crippen LogP contribution is -2.19. The number of aryl methyl sites for hydroxylation is 1. The van der Waals surface area contributed by atoms with Crippen LogP contribution < -0.4 is 5.43 Å². The van der Waals surface area contributed by atoms with E-state index in [1.807, 2.05) is 24.3 Å². The smallest absolute Gasteiger partial charge is 0.241 e. The summed E-state index contributed by atoms with van der Waals surface area (Å²) in [6.07, 6.45) is 3.39. The van der Waals surface area contributed by atoms with E-state index >= 15 is 0 Å². The van der Waals surface area contributed by atoms with E-state index in [0.29, 0.717) is 18.7 Å². The third-order valence-corrected chi connectivity index (χ3v) is 4.17. The summed E-state index contributed by atoms with van der Waals surface area (Å²) in [5.74, 6) is 0.465. The highest BCUT2D eigenvalue weighted by Gasteiger charge is 2.10. The summed E-state index contributed by atoms with van der Waals surface area (Å²) in [5.41, 5.74) is 4.81. The number of hydrogen-bond acceptors (Lipinski definition) is 3. The van der Waals surface area contributed by atoms with Gasteiger partial charge in [-0.2, -0.15) is 5.10 Å². The Morgan fingerprint density at radius 2 is 1.68 bits per heavy atom. The molecule has 0 radical (unpaired) electrons. The minimum Gasteiger partial charge on any atom is -0.463 e. The minimum atomic E-state index is -0.135. The molecule has 0 unspecified atom stereocenters. The van der Waals surface area contributed by atoms with Gasteiger partial charge in [0.2, 0.25) is 5.91 Å². The zero-order chi connectivity index (χ0) is 17.1. The first-order chi connectivity index (χ1) is 12.3. The van der Waals surface area contributed by atoms with Crippen molar-refractivity contribution in [1.82, 2.24) is 9.99 Å². The van der Waals surface area contributed by atoms with Crippen LogP contribution in [0.4, 0.5) is 0 Å². The molecule has 1 amide bonds. The molecule has 25 heavy (non-hydrogen) atoms. The van der Waals surface area contributed by atoms with E-state index in [0.717, 1.165) is 11.0 Å². The van der Waals surface area contributed by atoms with Gasteiger partial charge in [-0.25, -0.2) is 5.43 Å². The number of carbonyl (C=O) groups excluding carboxylic acids is 1. The Bertz CT molecular complexity index is 992. The van der Waals surface area contributed by atoms with Crippen LogP contribution in [0.15, 0.2) is 76.4 Å². The molecule has 4 rings (SSSR count). The van der Waals surface area contributed by atoms with Gasteiger partial charge in [0, 0.05) is 34.8 Å². The van der Waals surface area contributed by atoms with Crippen LogP contribution in [-0.4, -0.2) is 16.7 Å². The Labute approximate surface area is 144 Å². The van der Waals surface area contributed by atoms with Gasteiger partial charge in [0.05, 0.1) is 12.5 Å². The van der Waals surface area contributed by atoms with Crippen LogP contribution >= 0.6 is 0 Å². The first-order valence-corrected chi connectivity index (χ1v) is 8.14. The molecule has 0 bridgehead atoms. The molecule has 2 aromatic carbocycles. The molecular weight excluding hydrogens is 314 g/mol. The molecular formula is C20H17N3O2. The zero-order valence-corrected chi connectivity index (χ0v) is 13.6. The summed E-state index contributed by atoms with van der Waals surface area (Å²) >= 11 is 0. The fourth-order valence-corrected chi connectivity index (χ4v) is 3.05. The number of hydrazone groups is 1. The number of fused-ring (bicyclic) bond motifs is 3. The fourth-order valence-electron chi connectivity index (χ4n) is 3.05. The number of carbonyl (C=O) groups is 1. The molecule has 0 aliphatic heterocycles. The summed E-state index contributed by atoms with van der Waals surface area (Å²) < 4.78 is 7.31. The number of para-hydroxylation sites is 2. The molecule has 5 nitrogen and oxygen atoms in total. The number of nitrogens with one attached hydrogen (secondary N) is 1. The molecule has 0 atom stereocenters. The molecule has 2 heterocycles. The SMILES string of the molecule is O=C(CCn1c2ccccc2c2ccccc21)NN=Cc1ccco1. The van der Waals surface area contributed by atoms with Gasteiger partial charge in [0.15, 0.2) is 0 Å². The van der Waals surface area contributed by atoms with E-state index in [4.69, 9.17) is 4.42 Å². The minimum absolute atomic E-state index is 0.135. The fraction of sp³-hybridized carbons (Fsp3) is 0.100. The number of rotatable bonds is 5. The third kappa shape index (κ3) is 3.04. The number of hydrogen-bond donors (Lipinski definition) is 1. The van der Waals surface area contributed by atoms with Crippen LogP contribution in [0.2, 0.25) is 0 Å². The van der Waals surface area contributed by atoms with E-state index in [2.05, 4.69) is 39.4 Å². The number of aromatic nitrogens is 1. The average molecular weight is 331 g/mol. The quantitative estimate of drug-likeness (QED) is 0.445. The standard InChI is InChI=1S/C20H17N3O2/c24-20(22-21-14-15-6-5-13-25-15)11-12-23-18-9-3-1-7-16(18)17-8-2-4-10-19(17)23/h1-10,13-14H,11-12H2,(H,22,24). The second-order valence-corrected chi connectivity index (χ2v) is 5.74. The first-order valence-electron chi connectivity index (χ1n) is 8.14.